The minimum absolute atomic E-state index is 0.0190. The number of fused-ring (bicyclic) bond motifs is 5. The molecule has 0 amide bonds. The molecule has 0 spiro atoms. The molecule has 3 saturated carbocycles. The number of carboxylic acids is 2. The van der Waals surface area contributed by atoms with E-state index in [0.717, 1.165) is 35.5 Å². The molecule has 46 nitrogen and oxygen atoms in total. The number of unbranched alkanes of at least 4 members (excludes halogenated alkanes) is 2. The van der Waals surface area contributed by atoms with Gasteiger partial charge in [0.25, 0.3) is 0 Å². The zero-order chi connectivity index (χ0) is 75.3. The van der Waals surface area contributed by atoms with Crippen LogP contribution in [0.2, 0.25) is 0 Å². The molecule has 101 heavy (non-hydrogen) atoms. The average molecular weight is 1600 g/mol. The summed E-state index contributed by atoms with van der Waals surface area (Å²) in [4.78, 5) is 28.2. The lowest BCUT2D eigenvalue weighted by Crippen LogP contribution is -2.97. The van der Waals surface area contributed by atoms with Crippen LogP contribution in [0.1, 0.15) is 52.9 Å². The third-order valence-corrected chi connectivity index (χ3v) is 21.8. The van der Waals surface area contributed by atoms with Crippen molar-refractivity contribution in [3.05, 3.63) is 0 Å². The van der Waals surface area contributed by atoms with Gasteiger partial charge in [0.1, 0.15) is 78.7 Å². The van der Waals surface area contributed by atoms with E-state index in [0.29, 0.717) is 25.7 Å². The van der Waals surface area contributed by atoms with E-state index in [9.17, 15) is 103 Å². The van der Waals surface area contributed by atoms with Crippen LogP contribution in [0.4, 0.5) is 0 Å². The summed E-state index contributed by atoms with van der Waals surface area (Å²) < 4.78 is 332. The summed E-state index contributed by atoms with van der Waals surface area (Å²) in [5.41, 5.74) is -3.23. The van der Waals surface area contributed by atoms with Crippen molar-refractivity contribution >= 4 is 74.3 Å². The number of aliphatic hydroxyl groups excluding tert-OH is 1. The number of ether oxygens (including phenoxy) is 16. The molecule has 0 radical (unpaired) electrons. The molecule has 5 heterocycles. The molecule has 5 saturated heterocycles. The largest absolute Gasteiger partial charge is 0.481 e. The monoisotopic (exact) mass is 1600 g/mol. The van der Waals surface area contributed by atoms with Crippen LogP contribution in [-0.4, -0.2) is 327 Å². The van der Waals surface area contributed by atoms with Gasteiger partial charge in [-0.25, -0.2) is 29.9 Å². The molecule has 8 aliphatic rings. The van der Waals surface area contributed by atoms with Crippen molar-refractivity contribution in [2.24, 2.45) is 27.9 Å². The first kappa shape index (κ1) is 84.1. The molecule has 8 rings (SSSR count). The summed E-state index contributed by atoms with van der Waals surface area (Å²) in [7, 11) is -29.1. The Balaban J connectivity index is 1.16. The van der Waals surface area contributed by atoms with Gasteiger partial charge in [0, 0.05) is 48.8 Å². The topological polar surface area (TPSA) is 650 Å². The number of hydrogen-bond donors (Lipinski definition) is 10. The second-order valence-corrected chi connectivity index (χ2v) is 30.6. The van der Waals surface area contributed by atoms with Gasteiger partial charge in [-0.2, -0.15) is 50.5 Å². The first-order valence-corrected chi connectivity index (χ1v) is 38.6. The Labute approximate surface area is 578 Å². The van der Waals surface area contributed by atoms with Crippen molar-refractivity contribution < 1.29 is 204 Å². The number of methoxy groups -OCH3 is 5. The van der Waals surface area contributed by atoms with Crippen molar-refractivity contribution in [1.29, 1.82) is 0 Å². The molecule has 11 N–H and O–H groups in total. The molecule has 28 atom stereocenters. The van der Waals surface area contributed by atoms with E-state index in [-0.39, 0.29) is 19.6 Å². The van der Waals surface area contributed by atoms with Gasteiger partial charge in [0.2, 0.25) is 5.60 Å². The number of aliphatic hydroxyl groups is 1. The van der Waals surface area contributed by atoms with Crippen LogP contribution in [-0.2, 0) is 173 Å². The fraction of sp³-hybridized carbons (Fsp3) is 0.959. The molecular weight excluding hydrogens is 1510 g/mol. The van der Waals surface area contributed by atoms with Crippen LogP contribution < -0.4 is 5.73 Å². The molecular formula is C49H81NO45S6. The SMILES string of the molecule is CCCCOC1C(COS(=O)(=O)O)OC(OC2C(OC)C3(CC)C(OC)C(OC4C(COS(=O)(=O)O)OC(OC5C(OC)C6(C(=O)O)[C@@H]7C(OC8C(COS(=O)(=O)O)OC(OC)C(OS(=O)(=O)O)C8OC)OC7C56CO)C(OS(=O)(=O)O)C4OS(=O)(=O)O)OC23C(=O)O)C(N)C1OCCCC. The Hall–Kier alpha value is -2.56. The summed E-state index contributed by atoms with van der Waals surface area (Å²) in [5, 5.41) is 34.2. The van der Waals surface area contributed by atoms with Gasteiger partial charge in [-0.15, -0.1) is 0 Å². The van der Waals surface area contributed by atoms with Crippen molar-refractivity contribution in [1.82, 2.24) is 0 Å². The Morgan fingerprint density at radius 2 is 0.881 bits per heavy atom. The van der Waals surface area contributed by atoms with Gasteiger partial charge < -0.3 is 96.8 Å². The molecule has 0 aromatic carbocycles. The van der Waals surface area contributed by atoms with Crippen LogP contribution in [0.5, 0.6) is 0 Å². The molecule has 0 aromatic heterocycles. The Kier molecular flexibility index (Phi) is 26.6. The maximum atomic E-state index is 14.3. The fourth-order valence-corrected chi connectivity index (χ4v) is 17.6. The molecule has 8 fully saturated rings. The van der Waals surface area contributed by atoms with Crippen LogP contribution in [0.3, 0.4) is 0 Å². The minimum Gasteiger partial charge on any atom is -0.481 e. The Bertz CT molecular complexity index is 3600. The van der Waals surface area contributed by atoms with E-state index in [1.54, 1.807) is 0 Å². The second kappa shape index (κ2) is 31.9. The molecule has 588 valence electrons. The normalized spacial score (nSPS) is 41.8. The number of hydrogen-bond acceptors (Lipinski definition) is 38. The van der Waals surface area contributed by atoms with Gasteiger partial charge in [-0.05, 0) is 19.3 Å². The van der Waals surface area contributed by atoms with Crippen LogP contribution in [0, 0.1) is 22.2 Å². The number of carboxylic acid groups (broad SMARTS) is 2. The van der Waals surface area contributed by atoms with Crippen molar-refractivity contribution in [2.75, 3.05) is 75.2 Å². The van der Waals surface area contributed by atoms with Crippen molar-refractivity contribution in [3.8, 4) is 0 Å². The fourth-order valence-electron chi connectivity index (χ4n) is 15.3. The van der Waals surface area contributed by atoms with Crippen molar-refractivity contribution in [3.63, 3.8) is 0 Å². The second-order valence-electron chi connectivity index (χ2n) is 24.2. The predicted molar refractivity (Wildman–Crippen MR) is 314 cm³/mol. The standard InChI is InChI=1S/C49H81NO45S6/c1-9-12-14-79-25-20(16-81-96(56,57)58)84-40(24(50)28(25)80-15-13-10-2)91-37-34(75-5)46(11-3)38(77-7)43(92-49(37,46)45(54)55)88-27-22(18-83-98(62,63)64)86-42(32(95-101(71,72)73)30(27)93-99(65,66)67)90-35-36(76-6)48(44(52)53)23-33(47(35,48)19-51)89-39(23)87-26-21(17-82-97(59,60)61)85-41(78-8)31(29(26)74-4)94-100(68,69)70/h20-43,51H,9-19,50H2,1-8H3,(H,52,53)(H,54,55)(H,56,57,58)(H,59,60,61)(H,62,63,64)(H,65,66,67)(H,68,69,70)(H,71,72,73)/t20?,21?,22?,23-,24?,25?,26?,27?,28?,29?,30?,31?,32?,33?,34?,35?,36?,37?,38?,39?,40?,41?,42?,43?,46?,47?,48?,49?/m0/s1. The molecule has 0 aromatic rings. The molecule has 0 bridgehead atoms. The Morgan fingerprint density at radius 1 is 0.436 bits per heavy atom. The van der Waals surface area contributed by atoms with Gasteiger partial charge in [0.05, 0.1) is 67.5 Å². The summed E-state index contributed by atoms with van der Waals surface area (Å²) in [6.45, 7) is -0.0603. The van der Waals surface area contributed by atoms with E-state index in [2.05, 4.69) is 8.37 Å². The highest BCUT2D eigenvalue weighted by Crippen LogP contribution is 2.80. The number of rotatable bonds is 40. The van der Waals surface area contributed by atoms with E-state index in [1.807, 2.05) is 13.8 Å². The van der Waals surface area contributed by atoms with Crippen LogP contribution in [0.25, 0.3) is 0 Å². The van der Waals surface area contributed by atoms with Gasteiger partial charge >= 0.3 is 74.3 Å². The summed E-state index contributed by atoms with van der Waals surface area (Å²) >= 11 is 0. The maximum Gasteiger partial charge on any atom is 0.397 e. The highest BCUT2D eigenvalue weighted by molar-refractivity contribution is 7.82. The van der Waals surface area contributed by atoms with E-state index < -0.39 is 270 Å². The summed E-state index contributed by atoms with van der Waals surface area (Å²) in [5.74, 6) is -5.40. The third-order valence-electron chi connectivity index (χ3n) is 19.1. The number of aliphatic carboxylic acids is 2. The quantitative estimate of drug-likeness (QED) is 0.0203. The third kappa shape index (κ3) is 16.3. The molecule has 5 aliphatic heterocycles. The van der Waals surface area contributed by atoms with Gasteiger partial charge in [-0.3, -0.25) is 32.1 Å². The first-order chi connectivity index (χ1) is 46.9. The number of carbonyl (C=O) groups is 2. The summed E-state index contributed by atoms with van der Waals surface area (Å²) in [6, 6.07) is -1.47. The maximum absolute atomic E-state index is 14.3. The highest BCUT2D eigenvalue weighted by Gasteiger charge is 2.96. The molecule has 27 unspecified atom stereocenters. The van der Waals surface area contributed by atoms with Crippen LogP contribution in [0.15, 0.2) is 0 Å². The van der Waals surface area contributed by atoms with Gasteiger partial charge in [0.15, 0.2) is 43.7 Å². The molecule has 52 heteroatoms. The smallest absolute Gasteiger partial charge is 0.397 e. The Morgan fingerprint density at radius 3 is 1.32 bits per heavy atom. The lowest BCUT2D eigenvalue weighted by atomic mass is 9.27. The number of nitrogens with two attached hydrogens (primary N) is 1. The molecule has 3 aliphatic carbocycles. The van der Waals surface area contributed by atoms with E-state index in [4.69, 9.17) is 98.3 Å². The first-order valence-electron chi connectivity index (χ1n) is 30.4. The predicted octanol–water partition coefficient (Wildman–Crippen LogP) is -4.86. The summed E-state index contributed by atoms with van der Waals surface area (Å²) in [6.07, 6.45) is -43.5. The highest BCUT2D eigenvalue weighted by atomic mass is 32.3. The lowest BCUT2D eigenvalue weighted by molar-refractivity contribution is -0.531. The van der Waals surface area contributed by atoms with E-state index >= 15 is 0 Å². The lowest BCUT2D eigenvalue weighted by Gasteiger charge is -2.82. The van der Waals surface area contributed by atoms with Gasteiger partial charge in [-0.1, -0.05) is 33.6 Å². The minimum atomic E-state index is -6.13. The zero-order valence-corrected chi connectivity index (χ0v) is 59.3. The average Bonchev–Trinajstić information content (AvgIpc) is 1.34. The van der Waals surface area contributed by atoms with Crippen molar-refractivity contribution in [2.45, 2.75) is 200 Å². The van der Waals surface area contributed by atoms with Crippen LogP contribution >= 0.6 is 0 Å². The van der Waals surface area contributed by atoms with E-state index in [1.165, 1.54) is 6.92 Å². The zero-order valence-electron chi connectivity index (χ0n) is 54.4.